The highest BCUT2D eigenvalue weighted by Crippen LogP contribution is 2.34. The van der Waals surface area contributed by atoms with Crippen LogP contribution >= 0.6 is 0 Å². The highest BCUT2D eigenvalue weighted by Gasteiger charge is 2.36. The fourth-order valence-corrected chi connectivity index (χ4v) is 2.62. The quantitative estimate of drug-likeness (QED) is 0.808. The van der Waals surface area contributed by atoms with E-state index >= 15 is 0 Å². The maximum atomic E-state index is 5.95. The second-order valence-corrected chi connectivity index (χ2v) is 4.79. The summed E-state index contributed by atoms with van der Waals surface area (Å²) < 4.78 is 1.83. The molecular formula is C11H21N5. The van der Waals surface area contributed by atoms with Crippen LogP contribution in [0.3, 0.4) is 0 Å². The van der Waals surface area contributed by atoms with Crippen LogP contribution in [0.25, 0.3) is 0 Å². The van der Waals surface area contributed by atoms with Crippen molar-refractivity contribution in [1.29, 1.82) is 0 Å². The summed E-state index contributed by atoms with van der Waals surface area (Å²) in [6.07, 6.45) is 6.60. The molecule has 90 valence electrons. The molecule has 2 N–H and O–H groups in total. The molecule has 1 fully saturated rings. The summed E-state index contributed by atoms with van der Waals surface area (Å²) in [6.45, 7) is 1.56. The van der Waals surface area contributed by atoms with E-state index < -0.39 is 0 Å². The molecule has 0 aliphatic heterocycles. The molecule has 1 aromatic heterocycles. The summed E-state index contributed by atoms with van der Waals surface area (Å²) in [6, 6.07) is 0. The van der Waals surface area contributed by atoms with Gasteiger partial charge in [-0.15, -0.1) is 0 Å². The summed E-state index contributed by atoms with van der Waals surface area (Å²) in [7, 11) is 4.08. The summed E-state index contributed by atoms with van der Waals surface area (Å²) in [5, 5.41) is 4.09. The molecular weight excluding hydrogens is 202 g/mol. The number of aryl methyl sites for hydroxylation is 1. The SMILES string of the molecule is CN(Cc1ncnn1C)C1(CN)CCCC1. The van der Waals surface area contributed by atoms with Gasteiger partial charge in [-0.1, -0.05) is 12.8 Å². The van der Waals surface area contributed by atoms with Crippen LogP contribution in [-0.4, -0.2) is 38.8 Å². The van der Waals surface area contributed by atoms with Crippen LogP contribution < -0.4 is 5.73 Å². The Kier molecular flexibility index (Phi) is 3.25. The maximum Gasteiger partial charge on any atom is 0.140 e. The van der Waals surface area contributed by atoms with Gasteiger partial charge in [0.1, 0.15) is 12.2 Å². The molecule has 1 saturated carbocycles. The van der Waals surface area contributed by atoms with Crippen LogP contribution in [0, 0.1) is 0 Å². The largest absolute Gasteiger partial charge is 0.329 e. The minimum Gasteiger partial charge on any atom is -0.329 e. The van der Waals surface area contributed by atoms with Gasteiger partial charge in [0.05, 0.1) is 6.54 Å². The summed E-state index contributed by atoms with van der Waals surface area (Å²) in [5.41, 5.74) is 6.14. The van der Waals surface area contributed by atoms with Gasteiger partial charge in [0, 0.05) is 19.1 Å². The molecule has 0 atom stereocenters. The Morgan fingerprint density at radius 3 is 2.69 bits per heavy atom. The van der Waals surface area contributed by atoms with E-state index in [9.17, 15) is 0 Å². The van der Waals surface area contributed by atoms with E-state index in [1.165, 1.54) is 25.7 Å². The zero-order chi connectivity index (χ0) is 11.6. The third-order valence-corrected chi connectivity index (χ3v) is 3.91. The molecule has 1 aromatic rings. The number of rotatable bonds is 4. The van der Waals surface area contributed by atoms with E-state index in [0.717, 1.165) is 18.9 Å². The van der Waals surface area contributed by atoms with Gasteiger partial charge in [-0.3, -0.25) is 9.58 Å². The summed E-state index contributed by atoms with van der Waals surface area (Å²) in [5.74, 6) is 1.00. The Balaban J connectivity index is 2.07. The van der Waals surface area contributed by atoms with E-state index in [-0.39, 0.29) is 5.54 Å². The van der Waals surface area contributed by atoms with Gasteiger partial charge in [0.2, 0.25) is 0 Å². The first-order valence-corrected chi connectivity index (χ1v) is 5.92. The van der Waals surface area contributed by atoms with Gasteiger partial charge in [0.15, 0.2) is 0 Å². The molecule has 1 aliphatic carbocycles. The lowest BCUT2D eigenvalue weighted by molar-refractivity contribution is 0.119. The second-order valence-electron chi connectivity index (χ2n) is 4.79. The van der Waals surface area contributed by atoms with Crippen molar-refractivity contribution in [2.75, 3.05) is 13.6 Å². The van der Waals surface area contributed by atoms with E-state index in [1.54, 1.807) is 6.33 Å². The first-order chi connectivity index (χ1) is 7.68. The molecule has 5 heteroatoms. The third-order valence-electron chi connectivity index (χ3n) is 3.91. The predicted molar refractivity (Wildman–Crippen MR) is 62.7 cm³/mol. The van der Waals surface area contributed by atoms with Crippen molar-refractivity contribution in [2.24, 2.45) is 12.8 Å². The van der Waals surface area contributed by atoms with E-state index in [0.29, 0.717) is 0 Å². The molecule has 1 aliphatic rings. The fourth-order valence-electron chi connectivity index (χ4n) is 2.62. The topological polar surface area (TPSA) is 60.0 Å². The Morgan fingerprint density at radius 2 is 2.19 bits per heavy atom. The van der Waals surface area contributed by atoms with Crippen molar-refractivity contribution >= 4 is 0 Å². The summed E-state index contributed by atoms with van der Waals surface area (Å²) >= 11 is 0. The number of nitrogens with two attached hydrogens (primary N) is 1. The van der Waals surface area contributed by atoms with E-state index in [2.05, 4.69) is 22.0 Å². The van der Waals surface area contributed by atoms with Crippen molar-refractivity contribution in [2.45, 2.75) is 37.8 Å². The number of likely N-dealkylation sites (N-methyl/N-ethyl adjacent to an activating group) is 1. The molecule has 0 aromatic carbocycles. The molecule has 0 spiro atoms. The predicted octanol–water partition coefficient (Wildman–Crippen LogP) is 0.518. The molecule has 0 saturated heterocycles. The van der Waals surface area contributed by atoms with Crippen LogP contribution in [0.1, 0.15) is 31.5 Å². The Hall–Kier alpha value is -0.940. The molecule has 2 rings (SSSR count). The lowest BCUT2D eigenvalue weighted by Gasteiger charge is -2.37. The number of aromatic nitrogens is 3. The zero-order valence-corrected chi connectivity index (χ0v) is 10.2. The van der Waals surface area contributed by atoms with Gasteiger partial charge in [-0.05, 0) is 19.9 Å². The Morgan fingerprint density at radius 1 is 1.50 bits per heavy atom. The second kappa shape index (κ2) is 4.51. The van der Waals surface area contributed by atoms with Gasteiger partial charge in [-0.25, -0.2) is 4.98 Å². The monoisotopic (exact) mass is 223 g/mol. The minimum absolute atomic E-state index is 0.186. The van der Waals surface area contributed by atoms with Crippen molar-refractivity contribution < 1.29 is 0 Å². The van der Waals surface area contributed by atoms with Gasteiger partial charge >= 0.3 is 0 Å². The normalized spacial score (nSPS) is 19.5. The highest BCUT2D eigenvalue weighted by molar-refractivity contribution is 4.97. The molecule has 0 amide bonds. The van der Waals surface area contributed by atoms with Crippen molar-refractivity contribution in [3.8, 4) is 0 Å². The lowest BCUT2D eigenvalue weighted by Crippen LogP contribution is -2.49. The van der Waals surface area contributed by atoms with Crippen LogP contribution in [0.5, 0.6) is 0 Å². The third kappa shape index (κ3) is 1.97. The molecule has 16 heavy (non-hydrogen) atoms. The molecule has 5 nitrogen and oxygen atoms in total. The van der Waals surface area contributed by atoms with Crippen molar-refractivity contribution in [1.82, 2.24) is 19.7 Å². The van der Waals surface area contributed by atoms with E-state index in [1.807, 2.05) is 11.7 Å². The molecule has 1 heterocycles. The van der Waals surface area contributed by atoms with Crippen LogP contribution in [-0.2, 0) is 13.6 Å². The molecule has 0 radical (unpaired) electrons. The molecule has 0 bridgehead atoms. The minimum atomic E-state index is 0.186. The Labute approximate surface area is 96.6 Å². The van der Waals surface area contributed by atoms with Crippen molar-refractivity contribution in [3.63, 3.8) is 0 Å². The fraction of sp³-hybridized carbons (Fsp3) is 0.818. The number of hydrogen-bond donors (Lipinski definition) is 1. The lowest BCUT2D eigenvalue weighted by atomic mass is 9.96. The van der Waals surface area contributed by atoms with Crippen LogP contribution in [0.4, 0.5) is 0 Å². The van der Waals surface area contributed by atoms with Gasteiger partial charge < -0.3 is 5.73 Å². The van der Waals surface area contributed by atoms with Crippen LogP contribution in [0.15, 0.2) is 6.33 Å². The number of nitrogens with zero attached hydrogens (tertiary/aromatic N) is 4. The van der Waals surface area contributed by atoms with Crippen molar-refractivity contribution in [3.05, 3.63) is 12.2 Å². The van der Waals surface area contributed by atoms with E-state index in [4.69, 9.17) is 5.73 Å². The summed E-state index contributed by atoms with van der Waals surface area (Å²) in [4.78, 5) is 6.61. The van der Waals surface area contributed by atoms with Gasteiger partial charge in [-0.2, -0.15) is 5.10 Å². The first kappa shape index (κ1) is 11.5. The van der Waals surface area contributed by atoms with Crippen LogP contribution in [0.2, 0.25) is 0 Å². The average molecular weight is 223 g/mol. The zero-order valence-electron chi connectivity index (χ0n) is 10.2. The average Bonchev–Trinajstić information content (AvgIpc) is 2.89. The first-order valence-electron chi connectivity index (χ1n) is 5.92. The highest BCUT2D eigenvalue weighted by atomic mass is 15.3. The smallest absolute Gasteiger partial charge is 0.140 e. The van der Waals surface area contributed by atoms with Gasteiger partial charge in [0.25, 0.3) is 0 Å². The maximum absolute atomic E-state index is 5.95. The molecule has 0 unspecified atom stereocenters. The standard InChI is InChI=1S/C11H21N5/c1-15(7-10-13-9-14-16(10)2)11(8-12)5-3-4-6-11/h9H,3-8,12H2,1-2H3. The number of hydrogen-bond acceptors (Lipinski definition) is 4. The Bertz CT molecular complexity index is 340.